The van der Waals surface area contributed by atoms with Crippen LogP contribution in [0.3, 0.4) is 0 Å². The number of hydrogen-bond donors (Lipinski definition) is 0. The Balaban J connectivity index is 1.76. The molecule has 0 N–H and O–H groups in total. The van der Waals surface area contributed by atoms with Crippen LogP contribution in [-0.4, -0.2) is 38.7 Å². The first kappa shape index (κ1) is 21.6. The van der Waals surface area contributed by atoms with Gasteiger partial charge in [-0.05, 0) is 63.3 Å². The lowest BCUT2D eigenvalue weighted by atomic mass is 9.99. The van der Waals surface area contributed by atoms with Gasteiger partial charge in [0.2, 0.25) is 5.91 Å². The van der Waals surface area contributed by atoms with Crippen LogP contribution in [0.25, 0.3) is 16.6 Å². The minimum Gasteiger partial charge on any atom is -0.342 e. The summed E-state index contributed by atoms with van der Waals surface area (Å²) in [6.07, 6.45) is 2.09. The van der Waals surface area contributed by atoms with Crippen molar-refractivity contribution in [3.05, 3.63) is 63.9 Å². The molecule has 0 bridgehead atoms. The van der Waals surface area contributed by atoms with E-state index >= 15 is 0 Å². The number of carbonyl (C=O) groups is 1. The van der Waals surface area contributed by atoms with E-state index in [0.717, 1.165) is 42.7 Å². The molecule has 0 aliphatic carbocycles. The largest absolute Gasteiger partial charge is 0.342 e. The zero-order valence-corrected chi connectivity index (χ0v) is 19.4. The second kappa shape index (κ2) is 8.87. The number of aryl methyl sites for hydroxylation is 2. The molecule has 6 heteroatoms. The summed E-state index contributed by atoms with van der Waals surface area (Å²) in [7, 11) is 0. The molecule has 1 unspecified atom stereocenters. The number of piperidine rings is 1. The molecule has 1 atom stereocenters. The molecule has 3 aromatic rings. The van der Waals surface area contributed by atoms with Gasteiger partial charge in [-0.1, -0.05) is 48.5 Å². The van der Waals surface area contributed by atoms with E-state index < -0.39 is 0 Å². The van der Waals surface area contributed by atoms with Gasteiger partial charge in [-0.3, -0.25) is 14.2 Å². The van der Waals surface area contributed by atoms with E-state index in [4.69, 9.17) is 4.98 Å². The molecule has 0 radical (unpaired) electrons. The summed E-state index contributed by atoms with van der Waals surface area (Å²) in [6.45, 7) is 9.80. The first-order chi connectivity index (χ1) is 14.8. The van der Waals surface area contributed by atoms with E-state index in [0.29, 0.717) is 22.0 Å². The summed E-state index contributed by atoms with van der Waals surface area (Å²) in [5.74, 6) is 0.787. The highest BCUT2D eigenvalue weighted by Gasteiger charge is 2.27. The number of hydrogen-bond acceptors (Lipinski definition) is 4. The Labute approximate surface area is 187 Å². The average Bonchev–Trinajstić information content (AvgIpc) is 2.75. The van der Waals surface area contributed by atoms with Crippen molar-refractivity contribution in [1.82, 2.24) is 14.5 Å². The number of benzene rings is 2. The molecule has 1 amide bonds. The third kappa shape index (κ3) is 4.40. The minimum absolute atomic E-state index is 0.105. The fourth-order valence-electron chi connectivity index (χ4n) is 4.15. The number of amides is 1. The quantitative estimate of drug-likeness (QED) is 0.439. The molecular weight excluding hydrogens is 406 g/mol. The smallest absolute Gasteiger partial charge is 0.266 e. The molecule has 1 fully saturated rings. The second-order valence-corrected chi connectivity index (χ2v) is 9.92. The van der Waals surface area contributed by atoms with Gasteiger partial charge in [0.1, 0.15) is 0 Å². The van der Waals surface area contributed by atoms with Crippen molar-refractivity contribution < 1.29 is 4.79 Å². The molecule has 162 valence electrons. The Morgan fingerprint density at radius 3 is 2.55 bits per heavy atom. The lowest BCUT2D eigenvalue weighted by molar-refractivity contribution is -0.131. The van der Waals surface area contributed by atoms with Crippen molar-refractivity contribution >= 4 is 28.6 Å². The van der Waals surface area contributed by atoms with Crippen molar-refractivity contribution in [1.29, 1.82) is 0 Å². The fraction of sp³-hybridized carbons (Fsp3) is 0.400. The third-order valence-corrected chi connectivity index (χ3v) is 7.10. The molecule has 2 heterocycles. The molecule has 2 aromatic carbocycles. The van der Waals surface area contributed by atoms with Crippen LogP contribution >= 0.6 is 11.8 Å². The highest BCUT2D eigenvalue weighted by molar-refractivity contribution is 8.00. The number of rotatable bonds is 4. The Morgan fingerprint density at radius 1 is 1.13 bits per heavy atom. The van der Waals surface area contributed by atoms with Crippen LogP contribution in [0.1, 0.15) is 37.8 Å². The van der Waals surface area contributed by atoms with Gasteiger partial charge in [0.15, 0.2) is 5.16 Å². The van der Waals surface area contributed by atoms with Gasteiger partial charge in [-0.15, -0.1) is 0 Å². The maximum absolute atomic E-state index is 13.5. The third-order valence-electron chi connectivity index (χ3n) is 6.06. The van der Waals surface area contributed by atoms with E-state index in [-0.39, 0.29) is 16.7 Å². The molecular formula is C25H29N3O2S. The molecule has 1 aromatic heterocycles. The van der Waals surface area contributed by atoms with Crippen molar-refractivity contribution in [2.45, 2.75) is 50.9 Å². The van der Waals surface area contributed by atoms with Gasteiger partial charge in [0.05, 0.1) is 21.8 Å². The van der Waals surface area contributed by atoms with Crippen LogP contribution in [-0.2, 0) is 4.79 Å². The van der Waals surface area contributed by atoms with Crippen molar-refractivity contribution in [3.63, 3.8) is 0 Å². The summed E-state index contributed by atoms with van der Waals surface area (Å²) in [6, 6.07) is 13.4. The highest BCUT2D eigenvalue weighted by atomic mass is 32.2. The summed E-state index contributed by atoms with van der Waals surface area (Å²) < 4.78 is 1.67. The lowest BCUT2D eigenvalue weighted by Crippen LogP contribution is -2.42. The van der Waals surface area contributed by atoms with E-state index in [1.807, 2.05) is 62.1 Å². The van der Waals surface area contributed by atoms with Crippen LogP contribution in [0.4, 0.5) is 0 Å². The molecule has 0 saturated carbocycles. The molecule has 1 aliphatic rings. The zero-order valence-electron chi connectivity index (χ0n) is 18.6. The van der Waals surface area contributed by atoms with Crippen molar-refractivity contribution in [3.8, 4) is 5.69 Å². The molecule has 4 rings (SSSR count). The fourth-order valence-corrected chi connectivity index (χ4v) is 5.16. The summed E-state index contributed by atoms with van der Waals surface area (Å²) in [4.78, 5) is 33.4. The van der Waals surface area contributed by atoms with Gasteiger partial charge in [0, 0.05) is 13.1 Å². The van der Waals surface area contributed by atoms with E-state index in [1.54, 1.807) is 4.57 Å². The Bertz CT molecular complexity index is 1180. The maximum Gasteiger partial charge on any atom is 0.266 e. The minimum atomic E-state index is -0.321. The first-order valence-electron chi connectivity index (χ1n) is 10.9. The number of para-hydroxylation sites is 1. The number of fused-ring (bicyclic) bond motifs is 1. The molecule has 5 nitrogen and oxygen atoms in total. The number of thioether (sulfide) groups is 1. The number of likely N-dealkylation sites (tertiary alicyclic amines) is 1. The molecule has 1 saturated heterocycles. The molecule has 31 heavy (non-hydrogen) atoms. The number of nitrogens with zero attached hydrogens (tertiary/aromatic N) is 3. The zero-order chi connectivity index (χ0) is 22.1. The van der Waals surface area contributed by atoms with Gasteiger partial charge >= 0.3 is 0 Å². The van der Waals surface area contributed by atoms with E-state index in [2.05, 4.69) is 13.0 Å². The summed E-state index contributed by atoms with van der Waals surface area (Å²) in [5, 5.41) is 0.816. The predicted octanol–water partition coefficient (Wildman–Crippen LogP) is 4.74. The van der Waals surface area contributed by atoms with Crippen LogP contribution < -0.4 is 5.56 Å². The first-order valence-corrected chi connectivity index (χ1v) is 11.8. The topological polar surface area (TPSA) is 55.2 Å². The Morgan fingerprint density at radius 2 is 1.84 bits per heavy atom. The van der Waals surface area contributed by atoms with Crippen molar-refractivity contribution in [2.24, 2.45) is 5.92 Å². The van der Waals surface area contributed by atoms with Gasteiger partial charge in [-0.2, -0.15) is 0 Å². The second-order valence-electron chi connectivity index (χ2n) is 8.61. The van der Waals surface area contributed by atoms with Crippen LogP contribution in [0.2, 0.25) is 0 Å². The van der Waals surface area contributed by atoms with Gasteiger partial charge < -0.3 is 4.90 Å². The van der Waals surface area contributed by atoms with E-state index in [1.165, 1.54) is 11.8 Å². The van der Waals surface area contributed by atoms with Crippen LogP contribution in [0.5, 0.6) is 0 Å². The SMILES string of the molecule is Cc1ccc(-n2c(SC(C)C(=O)N3CCC(C)CC3)nc3ccccc3c2=O)c(C)c1. The standard InChI is InChI=1S/C25H29N3O2S/c1-16-11-13-27(14-12-16)23(29)19(4)31-25-26-21-8-6-5-7-20(21)24(30)28(25)22-10-9-17(2)15-18(22)3/h5-10,15-16,19H,11-14H2,1-4H3. The normalized spacial score (nSPS) is 15.9. The Kier molecular flexibility index (Phi) is 6.19. The summed E-state index contributed by atoms with van der Waals surface area (Å²) >= 11 is 1.37. The van der Waals surface area contributed by atoms with Gasteiger partial charge in [-0.25, -0.2) is 4.98 Å². The Hall–Kier alpha value is -2.60. The maximum atomic E-state index is 13.5. The number of carbonyl (C=O) groups excluding carboxylic acids is 1. The van der Waals surface area contributed by atoms with Crippen LogP contribution in [0.15, 0.2) is 52.4 Å². The van der Waals surface area contributed by atoms with Crippen molar-refractivity contribution in [2.75, 3.05) is 13.1 Å². The number of aromatic nitrogens is 2. The van der Waals surface area contributed by atoms with Crippen LogP contribution in [0, 0.1) is 19.8 Å². The predicted molar refractivity (Wildman–Crippen MR) is 127 cm³/mol. The molecule has 1 aliphatic heterocycles. The summed E-state index contributed by atoms with van der Waals surface area (Å²) in [5.41, 5.74) is 3.50. The average molecular weight is 436 g/mol. The van der Waals surface area contributed by atoms with Gasteiger partial charge in [0.25, 0.3) is 5.56 Å². The lowest BCUT2D eigenvalue weighted by Gasteiger charge is -2.32. The molecule has 0 spiro atoms. The van der Waals surface area contributed by atoms with E-state index in [9.17, 15) is 9.59 Å². The highest BCUT2D eigenvalue weighted by Crippen LogP contribution is 2.28. The monoisotopic (exact) mass is 435 g/mol.